The summed E-state index contributed by atoms with van der Waals surface area (Å²) in [5.41, 5.74) is 0.728. The fourth-order valence-electron chi connectivity index (χ4n) is 1.11. The van der Waals surface area contributed by atoms with E-state index >= 15 is 0 Å². The molecule has 1 aromatic rings. The van der Waals surface area contributed by atoms with E-state index in [9.17, 15) is 4.79 Å². The van der Waals surface area contributed by atoms with Crippen molar-refractivity contribution in [1.29, 1.82) is 0 Å². The zero-order chi connectivity index (χ0) is 11.3. The molecule has 0 unspecified atom stereocenters. The number of carboxylic acids is 1. The molecule has 1 N–H and O–H groups in total. The van der Waals surface area contributed by atoms with E-state index in [0.717, 1.165) is 5.56 Å². The normalized spacial score (nSPS) is 10.0. The summed E-state index contributed by atoms with van der Waals surface area (Å²) in [6.07, 6.45) is 0. The molecule has 4 nitrogen and oxygen atoms in total. The van der Waals surface area contributed by atoms with E-state index in [1.54, 1.807) is 18.2 Å². The summed E-state index contributed by atoms with van der Waals surface area (Å²) in [4.78, 5) is 10.2. The molecule has 0 fully saturated rings. The van der Waals surface area contributed by atoms with Crippen molar-refractivity contribution in [3.05, 3.63) is 28.8 Å². The molecule has 0 amide bonds. The lowest BCUT2D eigenvalue weighted by molar-refractivity contribution is -0.142. The topological polar surface area (TPSA) is 55.8 Å². The average molecular weight is 231 g/mol. The van der Waals surface area contributed by atoms with E-state index in [1.165, 1.54) is 7.11 Å². The first kappa shape index (κ1) is 11.8. The Kier molecular flexibility index (Phi) is 4.39. The van der Waals surface area contributed by atoms with Crippen molar-refractivity contribution in [3.8, 4) is 5.75 Å². The number of carboxylic acid groups (broad SMARTS) is 1. The number of halogens is 1. The number of methoxy groups -OCH3 is 1. The number of hydrogen-bond donors (Lipinski definition) is 1. The lowest BCUT2D eigenvalue weighted by atomic mass is 10.2. The Balaban J connectivity index is 2.65. The van der Waals surface area contributed by atoms with Gasteiger partial charge in [-0.15, -0.1) is 0 Å². The van der Waals surface area contributed by atoms with Gasteiger partial charge in [0.15, 0.2) is 0 Å². The number of carbonyl (C=O) groups is 1. The van der Waals surface area contributed by atoms with Crippen molar-refractivity contribution in [2.75, 3.05) is 13.7 Å². The Labute approximate surface area is 92.4 Å². The second-order valence-corrected chi connectivity index (χ2v) is 3.28. The highest BCUT2D eigenvalue weighted by Gasteiger charge is 2.05. The minimum Gasteiger partial charge on any atom is -0.496 e. The summed E-state index contributed by atoms with van der Waals surface area (Å²) in [6, 6.07) is 5.09. The predicted octanol–water partition coefficient (Wildman–Crippen LogP) is 1.95. The fourth-order valence-corrected chi connectivity index (χ4v) is 1.30. The highest BCUT2D eigenvalue weighted by molar-refractivity contribution is 6.30. The number of ether oxygens (including phenoxy) is 2. The zero-order valence-electron chi connectivity index (χ0n) is 8.20. The van der Waals surface area contributed by atoms with E-state index in [-0.39, 0.29) is 13.2 Å². The van der Waals surface area contributed by atoms with Crippen molar-refractivity contribution in [1.82, 2.24) is 0 Å². The molecule has 0 saturated carbocycles. The number of benzene rings is 1. The first-order valence-corrected chi connectivity index (χ1v) is 4.63. The van der Waals surface area contributed by atoms with Gasteiger partial charge in [0.2, 0.25) is 0 Å². The molecule has 82 valence electrons. The molecule has 0 saturated heterocycles. The summed E-state index contributed by atoms with van der Waals surface area (Å²) < 4.78 is 10.0. The summed E-state index contributed by atoms with van der Waals surface area (Å²) in [7, 11) is 1.53. The van der Waals surface area contributed by atoms with Crippen LogP contribution in [0.3, 0.4) is 0 Å². The predicted molar refractivity (Wildman–Crippen MR) is 55.3 cm³/mol. The highest BCUT2D eigenvalue weighted by atomic mass is 35.5. The van der Waals surface area contributed by atoms with Crippen molar-refractivity contribution < 1.29 is 19.4 Å². The first-order valence-electron chi connectivity index (χ1n) is 4.25. The molecular formula is C10H11ClO4. The Morgan fingerprint density at radius 1 is 1.53 bits per heavy atom. The average Bonchev–Trinajstić information content (AvgIpc) is 2.17. The van der Waals surface area contributed by atoms with Crippen molar-refractivity contribution in [3.63, 3.8) is 0 Å². The fraction of sp³-hybridized carbons (Fsp3) is 0.300. The molecule has 0 heterocycles. The second kappa shape index (κ2) is 5.58. The van der Waals surface area contributed by atoms with E-state index in [4.69, 9.17) is 26.2 Å². The van der Waals surface area contributed by atoms with Crippen molar-refractivity contribution in [2.45, 2.75) is 6.61 Å². The first-order chi connectivity index (χ1) is 7.13. The Bertz CT molecular complexity index is 351. The van der Waals surface area contributed by atoms with Crippen LogP contribution in [0.15, 0.2) is 18.2 Å². The van der Waals surface area contributed by atoms with Crippen LogP contribution in [0.25, 0.3) is 0 Å². The lowest BCUT2D eigenvalue weighted by Gasteiger charge is -2.08. The summed E-state index contributed by atoms with van der Waals surface area (Å²) >= 11 is 5.79. The molecular weight excluding hydrogens is 220 g/mol. The maximum atomic E-state index is 10.2. The molecule has 0 aliphatic carbocycles. The summed E-state index contributed by atoms with van der Waals surface area (Å²) in [5, 5.41) is 8.95. The highest BCUT2D eigenvalue weighted by Crippen LogP contribution is 2.23. The van der Waals surface area contributed by atoms with Crippen LogP contribution in [-0.4, -0.2) is 24.8 Å². The minimum absolute atomic E-state index is 0.163. The lowest BCUT2D eigenvalue weighted by Crippen LogP contribution is -2.07. The monoisotopic (exact) mass is 230 g/mol. The molecule has 0 aliphatic rings. The molecule has 15 heavy (non-hydrogen) atoms. The molecule has 1 rings (SSSR count). The van der Waals surface area contributed by atoms with E-state index in [1.807, 2.05) is 0 Å². The minimum atomic E-state index is -1.00. The van der Waals surface area contributed by atoms with Gasteiger partial charge in [-0.1, -0.05) is 11.6 Å². The summed E-state index contributed by atoms with van der Waals surface area (Å²) in [6.45, 7) is -0.175. The smallest absolute Gasteiger partial charge is 0.329 e. The van der Waals surface area contributed by atoms with Gasteiger partial charge in [-0.25, -0.2) is 4.79 Å². The number of hydrogen-bond acceptors (Lipinski definition) is 3. The maximum Gasteiger partial charge on any atom is 0.329 e. The molecule has 1 aromatic carbocycles. The van der Waals surface area contributed by atoms with Crippen molar-refractivity contribution in [2.24, 2.45) is 0 Å². The molecule has 5 heteroatoms. The van der Waals surface area contributed by atoms with Gasteiger partial charge in [0, 0.05) is 10.6 Å². The van der Waals surface area contributed by atoms with Crippen LogP contribution < -0.4 is 4.74 Å². The van der Waals surface area contributed by atoms with Crippen LogP contribution in [0, 0.1) is 0 Å². The molecule has 0 spiro atoms. The standard InChI is InChI=1S/C10H11ClO4/c1-14-9-3-2-8(11)4-7(9)5-15-6-10(12)13/h2-4H,5-6H2,1H3,(H,12,13). The molecule has 0 radical (unpaired) electrons. The van der Waals surface area contributed by atoms with E-state index in [0.29, 0.717) is 10.8 Å². The zero-order valence-corrected chi connectivity index (χ0v) is 8.95. The largest absolute Gasteiger partial charge is 0.496 e. The van der Waals surface area contributed by atoms with Gasteiger partial charge in [-0.05, 0) is 18.2 Å². The van der Waals surface area contributed by atoms with Gasteiger partial charge in [-0.2, -0.15) is 0 Å². The molecule has 0 aliphatic heterocycles. The number of aliphatic carboxylic acids is 1. The van der Waals surface area contributed by atoms with Crippen LogP contribution in [0.5, 0.6) is 5.75 Å². The third-order valence-electron chi connectivity index (χ3n) is 1.73. The van der Waals surface area contributed by atoms with E-state index < -0.39 is 5.97 Å². The van der Waals surface area contributed by atoms with Crippen LogP contribution in [0.1, 0.15) is 5.56 Å². The van der Waals surface area contributed by atoms with E-state index in [2.05, 4.69) is 0 Å². The Hall–Kier alpha value is -1.26. The van der Waals surface area contributed by atoms with Crippen molar-refractivity contribution >= 4 is 17.6 Å². The van der Waals surface area contributed by atoms with Crippen LogP contribution in [-0.2, 0) is 16.1 Å². The maximum absolute atomic E-state index is 10.2. The van der Waals surface area contributed by atoms with Gasteiger partial charge < -0.3 is 14.6 Å². The quantitative estimate of drug-likeness (QED) is 0.840. The third kappa shape index (κ3) is 3.77. The third-order valence-corrected chi connectivity index (χ3v) is 1.96. The number of rotatable bonds is 5. The molecule has 0 atom stereocenters. The Morgan fingerprint density at radius 3 is 2.87 bits per heavy atom. The summed E-state index contributed by atoms with van der Waals surface area (Å²) in [5.74, 6) is -0.374. The second-order valence-electron chi connectivity index (χ2n) is 2.84. The molecule has 0 aromatic heterocycles. The van der Waals surface area contributed by atoms with Crippen LogP contribution in [0.4, 0.5) is 0 Å². The van der Waals surface area contributed by atoms with Gasteiger partial charge >= 0.3 is 5.97 Å². The SMILES string of the molecule is COc1ccc(Cl)cc1COCC(=O)O. The van der Waals surface area contributed by atoms with Gasteiger partial charge in [-0.3, -0.25) is 0 Å². The van der Waals surface area contributed by atoms with Crippen LogP contribution in [0.2, 0.25) is 5.02 Å². The van der Waals surface area contributed by atoms with Crippen LogP contribution >= 0.6 is 11.6 Å². The van der Waals surface area contributed by atoms with Gasteiger partial charge in [0.25, 0.3) is 0 Å². The van der Waals surface area contributed by atoms with Gasteiger partial charge in [0.05, 0.1) is 13.7 Å². The molecule has 0 bridgehead atoms. The van der Waals surface area contributed by atoms with Gasteiger partial charge in [0.1, 0.15) is 12.4 Å². The Morgan fingerprint density at radius 2 is 2.27 bits per heavy atom.